The maximum absolute atomic E-state index is 13.0. The van der Waals surface area contributed by atoms with E-state index in [0.717, 1.165) is 95.9 Å². The van der Waals surface area contributed by atoms with Gasteiger partial charge in [-0.05, 0) is 228 Å². The number of aromatic hydroxyl groups is 8. The fourth-order valence-electron chi connectivity index (χ4n) is 14.6. The summed E-state index contributed by atoms with van der Waals surface area (Å²) in [6.45, 7) is 52.8. The van der Waals surface area contributed by atoms with Gasteiger partial charge in [-0.15, -0.1) is 0 Å². The first kappa shape index (κ1) is 80.3. The van der Waals surface area contributed by atoms with Crippen LogP contribution in [0.4, 0.5) is 0 Å². The molecule has 0 atom stereocenters. The minimum absolute atomic E-state index is 0.0909. The van der Waals surface area contributed by atoms with Crippen molar-refractivity contribution in [2.24, 2.45) is 0 Å². The molecule has 0 radical (unpaired) electrons. The number of phenolic OH excluding ortho intramolecular Hbond substituents is 8. The molecule has 0 saturated heterocycles. The number of benzene rings is 8. The summed E-state index contributed by atoms with van der Waals surface area (Å²) in [5, 5.41) is 104. The lowest BCUT2D eigenvalue weighted by Crippen LogP contribution is -2.18. The number of rotatable bonds is 16. The van der Waals surface area contributed by atoms with Crippen molar-refractivity contribution >= 4 is 0 Å². The number of hydrogen-bond acceptors (Lipinski definition) is 8. The molecule has 0 saturated carbocycles. The van der Waals surface area contributed by atoms with E-state index in [4.69, 9.17) is 0 Å². The van der Waals surface area contributed by atoms with Gasteiger partial charge in [-0.3, -0.25) is 0 Å². The van der Waals surface area contributed by atoms with E-state index in [1.165, 1.54) is 0 Å². The molecule has 8 heteroatoms. The number of fused-ring (bicyclic) bond motifs is 16. The van der Waals surface area contributed by atoms with Gasteiger partial charge >= 0.3 is 0 Å². The van der Waals surface area contributed by atoms with E-state index >= 15 is 0 Å². The van der Waals surface area contributed by atoms with Crippen molar-refractivity contribution in [2.75, 3.05) is 0 Å². The summed E-state index contributed by atoms with van der Waals surface area (Å²) < 4.78 is 0. The minimum atomic E-state index is -0.327. The molecule has 8 N–H and O–H groups in total. The monoisotopic (exact) mass is 1410 g/mol. The molecule has 104 heavy (non-hydrogen) atoms. The molecule has 9 rings (SSSR count). The number of hydrogen-bond donors (Lipinski definition) is 8. The van der Waals surface area contributed by atoms with Crippen molar-refractivity contribution in [2.45, 2.75) is 312 Å². The van der Waals surface area contributed by atoms with Crippen LogP contribution in [0.5, 0.6) is 46.0 Å². The van der Waals surface area contributed by atoms with E-state index in [2.05, 4.69) is 263 Å². The molecule has 560 valence electrons. The van der Waals surface area contributed by atoms with Crippen LogP contribution in [0.2, 0.25) is 0 Å². The van der Waals surface area contributed by atoms with Gasteiger partial charge in [0.1, 0.15) is 46.0 Å². The highest BCUT2D eigenvalue weighted by molar-refractivity contribution is 5.62. The van der Waals surface area contributed by atoms with Gasteiger partial charge in [0.05, 0.1) is 0 Å². The van der Waals surface area contributed by atoms with Crippen LogP contribution in [0.1, 0.15) is 351 Å². The van der Waals surface area contributed by atoms with Gasteiger partial charge < -0.3 is 40.9 Å². The van der Waals surface area contributed by atoms with Gasteiger partial charge in [-0.25, -0.2) is 0 Å². The fourth-order valence-corrected chi connectivity index (χ4v) is 14.6. The van der Waals surface area contributed by atoms with Crippen molar-refractivity contribution in [1.82, 2.24) is 0 Å². The van der Waals surface area contributed by atoms with Crippen LogP contribution in [0.3, 0.4) is 0 Å². The van der Waals surface area contributed by atoms with Crippen molar-refractivity contribution in [1.29, 1.82) is 0 Å². The highest BCUT2D eigenvalue weighted by Gasteiger charge is 2.34. The summed E-state index contributed by atoms with van der Waals surface area (Å²) in [4.78, 5) is 0. The Morgan fingerprint density at radius 3 is 0.288 bits per heavy atom. The molecule has 8 aromatic carbocycles. The van der Waals surface area contributed by atoms with Crippen LogP contribution in [-0.4, -0.2) is 40.9 Å². The third kappa shape index (κ3) is 16.3. The largest absolute Gasteiger partial charge is 0.507 e. The molecule has 0 unspecified atom stereocenters. The SMILES string of the molecule is CCC(C)(C)c1cc2c(O)c(c1)Cc1cc(C(C)(C)CC)cc(c1O)Cc1cc(C(C)(C)CC)cc(c1O)Cc1cc(C(C)(C)CC)cc(c1O)Cc1cc(C(C)(C)CC)cc(c1O)Cc1cc(C(C)(C)CC)cc(c1O)Cc1cc(C(C)(C)CC)cc(c1O)Cc1cc(C(C)(C)CC)cc(c1O)C2. The molecule has 8 aromatic rings. The molecule has 1 aliphatic carbocycles. The zero-order valence-electron chi connectivity index (χ0n) is 68.1. The summed E-state index contributed by atoms with van der Waals surface area (Å²) >= 11 is 0. The summed E-state index contributed by atoms with van der Waals surface area (Å²) in [5.41, 5.74) is 15.9. The van der Waals surface area contributed by atoms with Crippen molar-refractivity contribution in [3.05, 3.63) is 231 Å². The van der Waals surface area contributed by atoms with Crippen LogP contribution in [0.25, 0.3) is 0 Å². The van der Waals surface area contributed by atoms with Crippen LogP contribution in [0, 0.1) is 0 Å². The summed E-state index contributed by atoms with van der Waals surface area (Å²) in [6, 6.07) is 33.5. The van der Waals surface area contributed by atoms with Gasteiger partial charge in [0.15, 0.2) is 0 Å². The average Bonchev–Trinajstić information content (AvgIpc) is 0.775. The summed E-state index contributed by atoms with van der Waals surface area (Å²) in [7, 11) is 0. The smallest absolute Gasteiger partial charge is 0.122 e. The standard InChI is InChI=1S/C96H128O8/c1-25-89(9,10)73-41-57-33-59-43-74(90(11,12)26-2)45-61(82(59)98)35-63-47-76(92(15,16)28-4)49-65(84(63)100)37-67-51-78(94(19,20)30-6)53-69(86(67)102)39-71-55-80(96(23,24)32-8)56-72(88(71)104)40-70-54-79(95(21,22)31-7)52-68(87(70)103)38-66-50-77(93(17,18)29-5)48-64(85(66)101)36-62-46-75(91(13,14)27-3)44-60(83(62)99)34-58(42-73)81(57)97/h41-56,97-104H,25-40H2,1-24H3. The van der Waals surface area contributed by atoms with Crippen LogP contribution in [0.15, 0.2) is 97.1 Å². The summed E-state index contributed by atoms with van der Waals surface area (Å²) in [6.07, 6.45) is 8.00. The minimum Gasteiger partial charge on any atom is -0.507 e. The van der Waals surface area contributed by atoms with Crippen molar-refractivity contribution in [3.8, 4) is 46.0 Å². The predicted octanol–water partition coefficient (Wildman–Crippen LogP) is 23.9. The predicted molar refractivity (Wildman–Crippen MR) is 434 cm³/mol. The maximum Gasteiger partial charge on any atom is 0.122 e. The molecule has 0 fully saturated rings. The third-order valence-corrected chi connectivity index (χ3v) is 26.5. The third-order valence-electron chi connectivity index (χ3n) is 26.5. The Morgan fingerprint density at radius 1 is 0.163 bits per heavy atom. The second-order valence-corrected chi connectivity index (χ2v) is 36.5. The summed E-state index contributed by atoms with van der Waals surface area (Å²) in [5.74, 6) is 0.727. The normalized spacial score (nSPS) is 14.1. The van der Waals surface area contributed by atoms with Crippen LogP contribution in [-0.2, 0) is 94.7 Å². The molecule has 8 nitrogen and oxygen atoms in total. The molecule has 1 aliphatic rings. The first-order valence-electron chi connectivity index (χ1n) is 39.2. The molecular weight excluding hydrogens is 1280 g/mol. The van der Waals surface area contributed by atoms with E-state index < -0.39 is 0 Å². The lowest BCUT2D eigenvalue weighted by molar-refractivity contribution is 0.447. The van der Waals surface area contributed by atoms with Crippen molar-refractivity contribution in [3.63, 3.8) is 0 Å². The van der Waals surface area contributed by atoms with Gasteiger partial charge in [0.2, 0.25) is 0 Å². The Hall–Kier alpha value is -7.84. The molecular formula is C96H128O8. The van der Waals surface area contributed by atoms with E-state index in [0.29, 0.717) is 89.0 Å². The van der Waals surface area contributed by atoms with Crippen molar-refractivity contribution < 1.29 is 40.9 Å². The van der Waals surface area contributed by atoms with E-state index in [1.807, 2.05) is 0 Å². The Morgan fingerprint density at radius 2 is 0.231 bits per heavy atom. The van der Waals surface area contributed by atoms with Crippen LogP contribution < -0.4 is 0 Å². The molecule has 0 amide bonds. The second-order valence-electron chi connectivity index (χ2n) is 36.5. The number of phenols is 8. The molecule has 0 aromatic heterocycles. The Kier molecular flexibility index (Phi) is 23.0. The van der Waals surface area contributed by atoms with Gasteiger partial charge in [0.25, 0.3) is 0 Å². The molecule has 0 heterocycles. The molecule has 0 aliphatic heterocycles. The lowest BCUT2D eigenvalue weighted by atomic mass is 9.76. The average molecular weight is 1410 g/mol. The van der Waals surface area contributed by atoms with Gasteiger partial charge in [-0.2, -0.15) is 0 Å². The maximum atomic E-state index is 13.0. The van der Waals surface area contributed by atoms with Gasteiger partial charge in [-0.1, -0.05) is 263 Å². The van der Waals surface area contributed by atoms with Gasteiger partial charge in [0, 0.05) is 51.4 Å². The second kappa shape index (κ2) is 29.8. The van der Waals surface area contributed by atoms with E-state index in [9.17, 15) is 40.9 Å². The first-order valence-corrected chi connectivity index (χ1v) is 39.2. The topological polar surface area (TPSA) is 162 Å². The van der Waals surface area contributed by atoms with Crippen LogP contribution >= 0.6 is 0 Å². The Labute approximate surface area is 626 Å². The fraction of sp³-hybridized carbons (Fsp3) is 0.500. The zero-order chi connectivity index (χ0) is 77.1. The Bertz CT molecular complexity index is 3480. The molecule has 16 bridgehead atoms. The van der Waals surface area contributed by atoms with E-state index in [1.54, 1.807) is 0 Å². The Balaban J connectivity index is 1.39. The highest BCUT2D eigenvalue weighted by Crippen LogP contribution is 2.48. The first-order chi connectivity index (χ1) is 48.3. The quantitative estimate of drug-likeness (QED) is 0.0474. The molecule has 0 spiro atoms. The highest BCUT2D eigenvalue weighted by atomic mass is 16.3. The zero-order valence-corrected chi connectivity index (χ0v) is 68.1. The lowest BCUT2D eigenvalue weighted by Gasteiger charge is -2.29. The van der Waals surface area contributed by atoms with E-state index in [-0.39, 0.29) is 141 Å².